The second-order valence-corrected chi connectivity index (χ2v) is 4.76. The molecule has 0 spiro atoms. The van der Waals surface area contributed by atoms with Crippen LogP contribution in [0.4, 0.5) is 4.39 Å². The van der Waals surface area contributed by atoms with Crippen molar-refractivity contribution < 1.29 is 9.18 Å². The van der Waals surface area contributed by atoms with Crippen LogP contribution in [0.3, 0.4) is 0 Å². The van der Waals surface area contributed by atoms with Gasteiger partial charge in [-0.3, -0.25) is 4.79 Å². The van der Waals surface area contributed by atoms with Gasteiger partial charge in [0.1, 0.15) is 5.82 Å². The highest BCUT2D eigenvalue weighted by molar-refractivity contribution is 6.37. The Balaban J connectivity index is 2.46. The van der Waals surface area contributed by atoms with Gasteiger partial charge in [0, 0.05) is 11.1 Å². The lowest BCUT2D eigenvalue weighted by molar-refractivity contribution is 0.103. The molecule has 2 aromatic rings. The highest BCUT2D eigenvalue weighted by atomic mass is 35.5. The molecule has 1 nitrogen and oxygen atoms in total. The maximum absolute atomic E-state index is 13.4. The van der Waals surface area contributed by atoms with Gasteiger partial charge < -0.3 is 0 Å². The first-order valence-electron chi connectivity index (χ1n) is 5.25. The van der Waals surface area contributed by atoms with Crippen molar-refractivity contribution in [3.8, 4) is 0 Å². The van der Waals surface area contributed by atoms with Crippen LogP contribution in [0, 0.1) is 12.7 Å². The fraction of sp³-hybridized carbons (Fsp3) is 0.0714. The zero-order valence-corrected chi connectivity index (χ0v) is 11.0. The molecule has 0 atom stereocenters. The van der Waals surface area contributed by atoms with Gasteiger partial charge in [0.25, 0.3) is 0 Å². The average Bonchev–Trinajstić information content (AvgIpc) is 2.34. The van der Waals surface area contributed by atoms with E-state index in [1.807, 2.05) is 19.1 Å². The van der Waals surface area contributed by atoms with E-state index in [2.05, 4.69) is 0 Å². The zero-order valence-electron chi connectivity index (χ0n) is 9.51. The minimum absolute atomic E-state index is 0.0968. The molecule has 0 heterocycles. The van der Waals surface area contributed by atoms with Crippen molar-refractivity contribution in [3.63, 3.8) is 0 Å². The molecule has 2 aromatic carbocycles. The number of carbonyl (C=O) groups excluding carboxylic acids is 1. The van der Waals surface area contributed by atoms with Gasteiger partial charge in [0.2, 0.25) is 0 Å². The SMILES string of the molecule is Cc1ccc(C(=O)c2cc(F)c(Cl)cc2Cl)cc1. The van der Waals surface area contributed by atoms with E-state index in [9.17, 15) is 9.18 Å². The number of aryl methyl sites for hydroxylation is 1. The van der Waals surface area contributed by atoms with Crippen LogP contribution < -0.4 is 0 Å². The van der Waals surface area contributed by atoms with Gasteiger partial charge in [-0.05, 0) is 19.1 Å². The van der Waals surface area contributed by atoms with Crippen molar-refractivity contribution in [1.29, 1.82) is 0 Å². The van der Waals surface area contributed by atoms with E-state index < -0.39 is 5.82 Å². The third kappa shape index (κ3) is 2.55. The number of hydrogen-bond donors (Lipinski definition) is 0. The molecule has 0 unspecified atom stereocenters. The Bertz CT molecular complexity index is 606. The van der Waals surface area contributed by atoms with Crippen molar-refractivity contribution >= 4 is 29.0 Å². The number of benzene rings is 2. The summed E-state index contributed by atoms with van der Waals surface area (Å²) in [7, 11) is 0. The zero-order chi connectivity index (χ0) is 13.3. The quantitative estimate of drug-likeness (QED) is 0.578. The van der Waals surface area contributed by atoms with Crippen LogP contribution in [0.25, 0.3) is 0 Å². The van der Waals surface area contributed by atoms with Crippen LogP contribution in [0.15, 0.2) is 36.4 Å². The summed E-state index contributed by atoms with van der Waals surface area (Å²) in [5, 5.41) is 0.0485. The van der Waals surface area contributed by atoms with E-state index in [4.69, 9.17) is 23.2 Å². The summed E-state index contributed by atoms with van der Waals surface area (Å²) >= 11 is 11.5. The number of carbonyl (C=O) groups is 1. The lowest BCUT2D eigenvalue weighted by Crippen LogP contribution is -2.03. The largest absolute Gasteiger partial charge is 0.289 e. The normalized spacial score (nSPS) is 10.4. The van der Waals surface area contributed by atoms with Gasteiger partial charge in [-0.15, -0.1) is 0 Å². The van der Waals surface area contributed by atoms with Crippen molar-refractivity contribution in [3.05, 3.63) is 69.0 Å². The molecule has 18 heavy (non-hydrogen) atoms. The van der Waals surface area contributed by atoms with Crippen molar-refractivity contribution in [2.45, 2.75) is 6.92 Å². The minimum Gasteiger partial charge on any atom is -0.289 e. The van der Waals surface area contributed by atoms with Gasteiger partial charge in [-0.2, -0.15) is 0 Å². The summed E-state index contributed by atoms with van der Waals surface area (Å²) < 4.78 is 13.4. The molecule has 92 valence electrons. The molecule has 0 bridgehead atoms. The van der Waals surface area contributed by atoms with Crippen molar-refractivity contribution in [2.75, 3.05) is 0 Å². The molecule has 0 amide bonds. The fourth-order valence-electron chi connectivity index (χ4n) is 1.56. The Hall–Kier alpha value is -1.38. The number of hydrogen-bond acceptors (Lipinski definition) is 1. The molecule has 0 aromatic heterocycles. The van der Waals surface area contributed by atoms with Gasteiger partial charge in [0.15, 0.2) is 5.78 Å². The monoisotopic (exact) mass is 282 g/mol. The van der Waals surface area contributed by atoms with Gasteiger partial charge in [0.05, 0.1) is 10.0 Å². The number of rotatable bonds is 2. The van der Waals surface area contributed by atoms with E-state index >= 15 is 0 Å². The topological polar surface area (TPSA) is 17.1 Å². The summed E-state index contributed by atoms with van der Waals surface area (Å²) in [6.45, 7) is 1.92. The molecular formula is C14H9Cl2FO. The van der Waals surface area contributed by atoms with E-state index in [0.29, 0.717) is 5.56 Å². The Morgan fingerprint density at radius 3 is 2.28 bits per heavy atom. The summed E-state index contributed by atoms with van der Waals surface area (Å²) in [5.74, 6) is -0.980. The molecular weight excluding hydrogens is 274 g/mol. The summed E-state index contributed by atoms with van der Waals surface area (Å²) in [6.07, 6.45) is 0. The summed E-state index contributed by atoms with van der Waals surface area (Å²) in [6, 6.07) is 9.29. The van der Waals surface area contributed by atoms with Crippen LogP contribution in [0.5, 0.6) is 0 Å². The minimum atomic E-state index is -0.656. The first-order chi connectivity index (χ1) is 8.49. The molecule has 0 radical (unpaired) electrons. The molecule has 0 saturated heterocycles. The van der Waals surface area contributed by atoms with Crippen LogP contribution in [0.2, 0.25) is 10.0 Å². The second-order valence-electron chi connectivity index (χ2n) is 3.94. The van der Waals surface area contributed by atoms with Crippen LogP contribution in [-0.2, 0) is 0 Å². The number of halogens is 3. The van der Waals surface area contributed by atoms with Crippen molar-refractivity contribution in [2.24, 2.45) is 0 Å². The Morgan fingerprint density at radius 1 is 1.06 bits per heavy atom. The fourth-order valence-corrected chi connectivity index (χ4v) is 2.03. The first kappa shape index (κ1) is 13.1. The highest BCUT2D eigenvalue weighted by Gasteiger charge is 2.15. The smallest absolute Gasteiger partial charge is 0.194 e. The van der Waals surface area contributed by atoms with E-state index in [0.717, 1.165) is 11.6 Å². The average molecular weight is 283 g/mol. The predicted octanol–water partition coefficient (Wildman–Crippen LogP) is 4.67. The molecule has 0 aliphatic carbocycles. The summed E-state index contributed by atoms with van der Waals surface area (Å²) in [4.78, 5) is 12.1. The molecule has 0 saturated carbocycles. The lowest BCUT2D eigenvalue weighted by Gasteiger charge is -2.05. The van der Waals surface area contributed by atoms with E-state index in [-0.39, 0.29) is 21.4 Å². The number of ketones is 1. The van der Waals surface area contributed by atoms with Crippen molar-refractivity contribution in [1.82, 2.24) is 0 Å². The Kier molecular flexibility index (Phi) is 3.69. The van der Waals surface area contributed by atoms with Crippen LogP contribution >= 0.6 is 23.2 Å². The third-order valence-electron chi connectivity index (χ3n) is 2.57. The second kappa shape index (κ2) is 5.09. The molecule has 0 fully saturated rings. The Labute approximate surface area is 114 Å². The molecule has 4 heteroatoms. The maximum atomic E-state index is 13.4. The molecule has 0 aliphatic rings. The molecule has 0 N–H and O–H groups in total. The maximum Gasteiger partial charge on any atom is 0.194 e. The standard InChI is InChI=1S/C14H9Cl2FO/c1-8-2-4-9(5-3-8)14(18)10-6-13(17)12(16)7-11(10)15/h2-7H,1H3. The Morgan fingerprint density at radius 2 is 1.67 bits per heavy atom. The predicted molar refractivity (Wildman–Crippen MR) is 71.0 cm³/mol. The van der Waals surface area contributed by atoms with Gasteiger partial charge >= 0.3 is 0 Å². The molecule has 0 aliphatic heterocycles. The van der Waals surface area contributed by atoms with Gasteiger partial charge in [-0.25, -0.2) is 4.39 Å². The lowest BCUT2D eigenvalue weighted by atomic mass is 10.0. The van der Waals surface area contributed by atoms with Crippen LogP contribution in [-0.4, -0.2) is 5.78 Å². The van der Waals surface area contributed by atoms with Gasteiger partial charge in [-0.1, -0.05) is 53.0 Å². The summed E-state index contributed by atoms with van der Waals surface area (Å²) in [5.41, 5.74) is 1.62. The van der Waals surface area contributed by atoms with E-state index in [1.165, 1.54) is 6.07 Å². The first-order valence-corrected chi connectivity index (χ1v) is 6.00. The molecule has 2 rings (SSSR count). The van der Waals surface area contributed by atoms with E-state index in [1.54, 1.807) is 12.1 Å². The van der Waals surface area contributed by atoms with Crippen LogP contribution in [0.1, 0.15) is 21.5 Å². The third-order valence-corrected chi connectivity index (χ3v) is 3.17. The highest BCUT2D eigenvalue weighted by Crippen LogP contribution is 2.26.